The Bertz CT molecular complexity index is 608. The Balaban J connectivity index is 2.07. The van der Waals surface area contributed by atoms with E-state index in [1.165, 1.54) is 43.1 Å². The lowest BCUT2D eigenvalue weighted by atomic mass is 10.1. The predicted octanol–water partition coefficient (Wildman–Crippen LogP) is 3.85. The van der Waals surface area contributed by atoms with E-state index in [0.717, 1.165) is 17.9 Å². The maximum Gasteiger partial charge on any atom is 0.134 e. The van der Waals surface area contributed by atoms with E-state index in [9.17, 15) is 0 Å². The van der Waals surface area contributed by atoms with Crippen molar-refractivity contribution in [1.82, 2.24) is 4.98 Å². The lowest BCUT2D eigenvalue weighted by molar-refractivity contribution is 0.551. The van der Waals surface area contributed by atoms with Gasteiger partial charge in [0.2, 0.25) is 0 Å². The van der Waals surface area contributed by atoms with E-state index in [1.54, 1.807) is 0 Å². The Hall–Kier alpha value is -1.61. The smallest absolute Gasteiger partial charge is 0.134 e. The van der Waals surface area contributed by atoms with Gasteiger partial charge in [0.25, 0.3) is 0 Å². The molecule has 0 spiro atoms. The third kappa shape index (κ3) is 2.88. The van der Waals surface area contributed by atoms with Gasteiger partial charge in [0.1, 0.15) is 5.82 Å². The average Bonchev–Trinajstić information content (AvgIpc) is 2.78. The van der Waals surface area contributed by atoms with Gasteiger partial charge in [0, 0.05) is 30.1 Å². The summed E-state index contributed by atoms with van der Waals surface area (Å²) in [7, 11) is 0. The number of nitrogens with two attached hydrogens (primary N) is 1. The molecule has 112 valence electrons. The number of rotatable bonds is 3. The van der Waals surface area contributed by atoms with Crippen LogP contribution in [-0.4, -0.2) is 17.6 Å². The van der Waals surface area contributed by atoms with E-state index in [-0.39, 0.29) is 0 Å². The van der Waals surface area contributed by atoms with Gasteiger partial charge < -0.3 is 10.6 Å². The summed E-state index contributed by atoms with van der Waals surface area (Å²) in [5, 5.41) is 1.18. The van der Waals surface area contributed by atoms with Crippen molar-refractivity contribution in [3.05, 3.63) is 35.9 Å². The highest BCUT2D eigenvalue weighted by Crippen LogP contribution is 2.29. The number of hydrogen-bond donors (Lipinski definition) is 1. The standard InChI is InChI=1S/C18H25N3/c1-2-16-9-4-3-7-11-21(16)18-15(13-19)12-14-8-5-6-10-17(14)20-18/h5-6,8,10,12,16H,2-4,7,9,11,13,19H2,1H3. The zero-order chi connectivity index (χ0) is 14.7. The molecule has 0 aliphatic carbocycles. The molecule has 2 aromatic rings. The molecule has 2 heterocycles. The van der Waals surface area contributed by atoms with Crippen LogP contribution in [0, 0.1) is 0 Å². The van der Waals surface area contributed by atoms with Crippen LogP contribution in [0.2, 0.25) is 0 Å². The Kier molecular flexibility index (Phi) is 4.39. The summed E-state index contributed by atoms with van der Waals surface area (Å²) in [6, 6.07) is 11.1. The zero-order valence-electron chi connectivity index (χ0n) is 12.9. The van der Waals surface area contributed by atoms with Crippen molar-refractivity contribution in [2.75, 3.05) is 11.4 Å². The Labute approximate surface area is 127 Å². The van der Waals surface area contributed by atoms with Crippen LogP contribution in [0.25, 0.3) is 10.9 Å². The second-order valence-corrected chi connectivity index (χ2v) is 5.97. The highest BCUT2D eigenvalue weighted by atomic mass is 15.2. The first kappa shape index (κ1) is 14.3. The lowest BCUT2D eigenvalue weighted by Gasteiger charge is -2.32. The average molecular weight is 283 g/mol. The monoisotopic (exact) mass is 283 g/mol. The van der Waals surface area contributed by atoms with E-state index in [2.05, 4.69) is 42.2 Å². The molecule has 2 N–H and O–H groups in total. The van der Waals surface area contributed by atoms with E-state index in [0.29, 0.717) is 12.6 Å². The van der Waals surface area contributed by atoms with Crippen molar-refractivity contribution in [2.24, 2.45) is 5.73 Å². The number of nitrogens with zero attached hydrogens (tertiary/aromatic N) is 2. The second kappa shape index (κ2) is 6.44. The van der Waals surface area contributed by atoms with Gasteiger partial charge in [-0.05, 0) is 31.4 Å². The normalized spacial score (nSPS) is 19.7. The van der Waals surface area contributed by atoms with Gasteiger partial charge in [-0.15, -0.1) is 0 Å². The maximum absolute atomic E-state index is 6.01. The van der Waals surface area contributed by atoms with Gasteiger partial charge in [0.05, 0.1) is 5.52 Å². The third-order valence-electron chi connectivity index (χ3n) is 4.62. The molecule has 1 fully saturated rings. The minimum atomic E-state index is 0.556. The number of benzene rings is 1. The number of pyridine rings is 1. The molecule has 0 amide bonds. The van der Waals surface area contributed by atoms with Gasteiger partial charge in [0.15, 0.2) is 0 Å². The van der Waals surface area contributed by atoms with Crippen LogP contribution in [0.5, 0.6) is 0 Å². The van der Waals surface area contributed by atoms with Crippen LogP contribution in [0.15, 0.2) is 30.3 Å². The maximum atomic E-state index is 6.01. The minimum Gasteiger partial charge on any atom is -0.353 e. The molecule has 1 aromatic heterocycles. The molecule has 3 rings (SSSR count). The van der Waals surface area contributed by atoms with Gasteiger partial charge in [-0.25, -0.2) is 4.98 Å². The van der Waals surface area contributed by atoms with E-state index < -0.39 is 0 Å². The summed E-state index contributed by atoms with van der Waals surface area (Å²) in [5.74, 6) is 1.12. The first-order valence-corrected chi connectivity index (χ1v) is 8.19. The molecule has 1 unspecified atom stereocenters. The molecule has 0 saturated carbocycles. The Morgan fingerprint density at radius 2 is 2.10 bits per heavy atom. The van der Waals surface area contributed by atoms with Gasteiger partial charge in [-0.3, -0.25) is 0 Å². The van der Waals surface area contributed by atoms with Crippen LogP contribution in [0.1, 0.15) is 44.6 Å². The molecule has 1 aromatic carbocycles. The summed E-state index contributed by atoms with van der Waals surface area (Å²) >= 11 is 0. The molecule has 1 aliphatic heterocycles. The predicted molar refractivity (Wildman–Crippen MR) is 89.5 cm³/mol. The molecule has 0 radical (unpaired) electrons. The molecular formula is C18H25N3. The van der Waals surface area contributed by atoms with E-state index in [4.69, 9.17) is 10.7 Å². The number of anilines is 1. The first-order chi connectivity index (χ1) is 10.3. The summed E-state index contributed by atoms with van der Waals surface area (Å²) in [6.07, 6.45) is 6.38. The van der Waals surface area contributed by atoms with E-state index in [1.807, 2.05) is 0 Å². The van der Waals surface area contributed by atoms with Gasteiger partial charge in [-0.2, -0.15) is 0 Å². The van der Waals surface area contributed by atoms with Gasteiger partial charge in [-0.1, -0.05) is 38.0 Å². The molecule has 0 bridgehead atoms. The molecule has 1 aliphatic rings. The van der Waals surface area contributed by atoms with Crippen molar-refractivity contribution in [3.8, 4) is 0 Å². The minimum absolute atomic E-state index is 0.556. The molecule has 1 saturated heterocycles. The molecular weight excluding hydrogens is 258 g/mol. The van der Waals surface area contributed by atoms with Crippen LogP contribution >= 0.6 is 0 Å². The number of hydrogen-bond acceptors (Lipinski definition) is 3. The fraction of sp³-hybridized carbons (Fsp3) is 0.500. The molecule has 3 heteroatoms. The Morgan fingerprint density at radius 1 is 1.24 bits per heavy atom. The molecule has 1 atom stereocenters. The number of aromatic nitrogens is 1. The van der Waals surface area contributed by atoms with Gasteiger partial charge >= 0.3 is 0 Å². The fourth-order valence-electron chi connectivity index (χ4n) is 3.43. The summed E-state index contributed by atoms with van der Waals surface area (Å²) in [6.45, 7) is 3.95. The van der Waals surface area contributed by atoms with Crippen molar-refractivity contribution in [3.63, 3.8) is 0 Å². The zero-order valence-corrected chi connectivity index (χ0v) is 12.9. The fourth-order valence-corrected chi connectivity index (χ4v) is 3.43. The number of para-hydroxylation sites is 1. The van der Waals surface area contributed by atoms with Crippen molar-refractivity contribution >= 4 is 16.7 Å². The molecule has 21 heavy (non-hydrogen) atoms. The SMILES string of the molecule is CCC1CCCCCN1c1nc2ccccc2cc1CN. The Morgan fingerprint density at radius 3 is 2.90 bits per heavy atom. The lowest BCUT2D eigenvalue weighted by Crippen LogP contribution is -2.36. The first-order valence-electron chi connectivity index (χ1n) is 8.19. The topological polar surface area (TPSA) is 42.2 Å². The summed E-state index contributed by atoms with van der Waals surface area (Å²) in [5.41, 5.74) is 8.26. The largest absolute Gasteiger partial charge is 0.353 e. The van der Waals surface area contributed by atoms with Crippen LogP contribution < -0.4 is 10.6 Å². The van der Waals surface area contributed by atoms with Crippen LogP contribution in [-0.2, 0) is 6.54 Å². The van der Waals surface area contributed by atoms with Crippen LogP contribution in [0.3, 0.4) is 0 Å². The highest BCUT2D eigenvalue weighted by molar-refractivity contribution is 5.81. The van der Waals surface area contributed by atoms with Crippen molar-refractivity contribution < 1.29 is 0 Å². The van der Waals surface area contributed by atoms with Crippen molar-refractivity contribution in [1.29, 1.82) is 0 Å². The quantitative estimate of drug-likeness (QED) is 0.930. The summed E-state index contributed by atoms with van der Waals surface area (Å²) < 4.78 is 0. The van der Waals surface area contributed by atoms with Crippen LogP contribution in [0.4, 0.5) is 5.82 Å². The van der Waals surface area contributed by atoms with Crippen molar-refractivity contribution in [2.45, 2.75) is 51.6 Å². The molecule has 3 nitrogen and oxygen atoms in total. The summed E-state index contributed by atoms with van der Waals surface area (Å²) in [4.78, 5) is 7.47. The number of fused-ring (bicyclic) bond motifs is 1. The third-order valence-corrected chi connectivity index (χ3v) is 4.62. The second-order valence-electron chi connectivity index (χ2n) is 5.97. The highest BCUT2D eigenvalue weighted by Gasteiger charge is 2.23. The van der Waals surface area contributed by atoms with E-state index >= 15 is 0 Å².